The zero-order valence-corrected chi connectivity index (χ0v) is 12.6. The number of aliphatic hydroxyl groups is 1. The van der Waals surface area contributed by atoms with Crippen LogP contribution in [0.4, 0.5) is 18.9 Å². The molecule has 6 heteroatoms. The lowest BCUT2D eigenvalue weighted by Crippen LogP contribution is -2.35. The number of benzene rings is 1. The first-order chi connectivity index (χ1) is 9.85. The van der Waals surface area contributed by atoms with Gasteiger partial charge in [0, 0.05) is 25.4 Å². The van der Waals surface area contributed by atoms with E-state index >= 15 is 0 Å². The van der Waals surface area contributed by atoms with E-state index in [1.54, 1.807) is 13.2 Å². The molecule has 0 aliphatic carbocycles. The van der Waals surface area contributed by atoms with Crippen molar-refractivity contribution in [2.24, 2.45) is 0 Å². The molecule has 0 spiro atoms. The predicted molar refractivity (Wildman–Crippen MR) is 76.3 cm³/mol. The topological polar surface area (TPSA) is 32.7 Å². The Morgan fingerprint density at radius 1 is 1.33 bits per heavy atom. The average molecular weight is 305 g/mol. The van der Waals surface area contributed by atoms with E-state index in [1.807, 2.05) is 18.7 Å². The maximum absolute atomic E-state index is 13.1. The number of hydrogen-bond acceptors (Lipinski definition) is 3. The Kier molecular flexibility index (Phi) is 6.48. The van der Waals surface area contributed by atoms with Gasteiger partial charge in [-0.25, -0.2) is 0 Å². The van der Waals surface area contributed by atoms with Gasteiger partial charge in [0.25, 0.3) is 0 Å². The van der Waals surface area contributed by atoms with Crippen molar-refractivity contribution in [2.45, 2.75) is 39.1 Å². The molecule has 0 fully saturated rings. The van der Waals surface area contributed by atoms with Crippen molar-refractivity contribution < 1.29 is 23.0 Å². The second-order valence-corrected chi connectivity index (χ2v) is 4.94. The maximum atomic E-state index is 13.1. The summed E-state index contributed by atoms with van der Waals surface area (Å²) in [6.07, 6.45) is -3.66. The lowest BCUT2D eigenvalue weighted by atomic mass is 10.0. The van der Waals surface area contributed by atoms with Crippen molar-refractivity contribution in [3.8, 4) is 0 Å². The zero-order valence-electron chi connectivity index (χ0n) is 12.6. The van der Waals surface area contributed by atoms with Crippen molar-refractivity contribution in [3.05, 3.63) is 29.3 Å². The van der Waals surface area contributed by atoms with Gasteiger partial charge in [0.2, 0.25) is 0 Å². The van der Waals surface area contributed by atoms with Crippen molar-refractivity contribution in [3.63, 3.8) is 0 Å². The van der Waals surface area contributed by atoms with E-state index in [-0.39, 0.29) is 11.6 Å². The number of halogens is 3. The number of alkyl halides is 3. The number of ether oxygens (including phenoxy) is 1. The summed E-state index contributed by atoms with van der Waals surface area (Å²) in [7, 11) is 1.56. The first-order valence-electron chi connectivity index (χ1n) is 6.91. The number of hydrogen-bond donors (Lipinski definition) is 1. The number of methoxy groups -OCH3 is 1. The molecule has 0 aliphatic heterocycles. The van der Waals surface area contributed by atoms with Crippen LogP contribution in [-0.2, 0) is 17.5 Å². The van der Waals surface area contributed by atoms with Crippen LogP contribution in [0.5, 0.6) is 0 Å². The quantitative estimate of drug-likeness (QED) is 0.837. The van der Waals surface area contributed by atoms with E-state index in [2.05, 4.69) is 0 Å². The van der Waals surface area contributed by atoms with Crippen LogP contribution in [0.1, 0.15) is 31.4 Å². The minimum Gasteiger partial charge on any atom is -0.392 e. The largest absolute Gasteiger partial charge is 0.416 e. The molecule has 0 saturated carbocycles. The third-order valence-corrected chi connectivity index (χ3v) is 3.56. The molecule has 0 bridgehead atoms. The molecule has 1 aromatic carbocycles. The second kappa shape index (κ2) is 7.66. The molecular weight excluding hydrogens is 283 g/mol. The molecule has 0 amide bonds. The van der Waals surface area contributed by atoms with Crippen LogP contribution in [0.15, 0.2) is 18.2 Å². The van der Waals surface area contributed by atoms with Crippen LogP contribution in [-0.4, -0.2) is 31.4 Å². The molecule has 1 unspecified atom stereocenters. The summed E-state index contributed by atoms with van der Waals surface area (Å²) in [6.45, 7) is 4.27. The molecule has 0 radical (unpaired) electrons. The molecule has 0 aliphatic rings. The van der Waals surface area contributed by atoms with Gasteiger partial charge in [-0.2, -0.15) is 13.2 Å². The molecule has 0 aromatic heterocycles. The van der Waals surface area contributed by atoms with Gasteiger partial charge in [-0.1, -0.05) is 13.0 Å². The van der Waals surface area contributed by atoms with E-state index in [9.17, 15) is 13.2 Å². The Bertz CT molecular complexity index is 449. The van der Waals surface area contributed by atoms with Gasteiger partial charge >= 0.3 is 6.18 Å². The molecule has 0 heterocycles. The highest BCUT2D eigenvalue weighted by Gasteiger charge is 2.34. The van der Waals surface area contributed by atoms with Gasteiger partial charge in [-0.15, -0.1) is 0 Å². The summed E-state index contributed by atoms with van der Waals surface area (Å²) in [5.74, 6) is 0. The molecule has 21 heavy (non-hydrogen) atoms. The molecule has 3 nitrogen and oxygen atoms in total. The van der Waals surface area contributed by atoms with Gasteiger partial charge in [0.05, 0.1) is 18.8 Å². The monoisotopic (exact) mass is 305 g/mol. The van der Waals surface area contributed by atoms with E-state index in [0.29, 0.717) is 18.8 Å². The Morgan fingerprint density at radius 3 is 2.48 bits per heavy atom. The third kappa shape index (κ3) is 4.61. The average Bonchev–Trinajstić information content (AvgIpc) is 2.46. The molecule has 1 aromatic rings. The van der Waals surface area contributed by atoms with Crippen molar-refractivity contribution in [2.75, 3.05) is 25.2 Å². The highest BCUT2D eigenvalue weighted by atomic mass is 19.4. The maximum Gasteiger partial charge on any atom is 0.416 e. The molecular formula is C15H22F3NO2. The molecule has 1 atom stereocenters. The molecule has 1 N–H and O–H groups in total. The highest BCUT2D eigenvalue weighted by molar-refractivity contribution is 5.52. The second-order valence-electron chi connectivity index (χ2n) is 4.94. The van der Waals surface area contributed by atoms with E-state index in [4.69, 9.17) is 9.84 Å². The van der Waals surface area contributed by atoms with Gasteiger partial charge in [-0.3, -0.25) is 0 Å². The smallest absolute Gasteiger partial charge is 0.392 e. The van der Waals surface area contributed by atoms with Crippen LogP contribution < -0.4 is 4.90 Å². The van der Waals surface area contributed by atoms with E-state index in [0.717, 1.165) is 12.5 Å². The van der Waals surface area contributed by atoms with Crippen LogP contribution in [0, 0.1) is 0 Å². The summed E-state index contributed by atoms with van der Waals surface area (Å²) in [5.41, 5.74) is -0.402. The summed E-state index contributed by atoms with van der Waals surface area (Å²) >= 11 is 0. The number of aliphatic hydroxyl groups excluding tert-OH is 1. The highest BCUT2D eigenvalue weighted by Crippen LogP contribution is 2.35. The van der Waals surface area contributed by atoms with E-state index in [1.165, 1.54) is 6.07 Å². The Balaban J connectivity index is 3.20. The zero-order chi connectivity index (χ0) is 16.0. The van der Waals surface area contributed by atoms with Crippen LogP contribution >= 0.6 is 0 Å². The minimum absolute atomic E-state index is 0.0983. The standard InChI is InChI=1S/C15H22F3NO2/c1-4-11(2)19(7-8-21-3)13-6-5-12(10-20)14(9-13)15(16,17)18/h5-6,9,11,20H,4,7-8,10H2,1-3H3. The summed E-state index contributed by atoms with van der Waals surface area (Å²) in [5, 5.41) is 9.07. The summed E-state index contributed by atoms with van der Waals surface area (Å²) < 4.78 is 44.2. The van der Waals surface area contributed by atoms with Crippen LogP contribution in [0.2, 0.25) is 0 Å². The number of rotatable bonds is 7. The molecule has 0 saturated heterocycles. The number of nitrogens with zero attached hydrogens (tertiary/aromatic N) is 1. The fraction of sp³-hybridized carbons (Fsp3) is 0.600. The normalized spacial score (nSPS) is 13.3. The first-order valence-corrected chi connectivity index (χ1v) is 6.91. The lowest BCUT2D eigenvalue weighted by molar-refractivity contribution is -0.138. The minimum atomic E-state index is -4.48. The fourth-order valence-electron chi connectivity index (χ4n) is 2.16. The molecule has 120 valence electrons. The van der Waals surface area contributed by atoms with Crippen molar-refractivity contribution in [1.82, 2.24) is 0 Å². The summed E-state index contributed by atoms with van der Waals surface area (Å²) in [4.78, 5) is 1.89. The van der Waals surface area contributed by atoms with Crippen LogP contribution in [0.25, 0.3) is 0 Å². The third-order valence-electron chi connectivity index (χ3n) is 3.56. The lowest BCUT2D eigenvalue weighted by Gasteiger charge is -2.31. The van der Waals surface area contributed by atoms with E-state index < -0.39 is 18.3 Å². The number of anilines is 1. The van der Waals surface area contributed by atoms with Crippen LogP contribution in [0.3, 0.4) is 0 Å². The van der Waals surface area contributed by atoms with Crippen molar-refractivity contribution in [1.29, 1.82) is 0 Å². The molecule has 1 rings (SSSR count). The SMILES string of the molecule is CCC(C)N(CCOC)c1ccc(CO)c(C(F)(F)F)c1. The van der Waals surface area contributed by atoms with Gasteiger partial charge in [0.15, 0.2) is 0 Å². The summed E-state index contributed by atoms with van der Waals surface area (Å²) in [6, 6.07) is 4.15. The Labute approximate surface area is 123 Å². The Morgan fingerprint density at radius 2 is 2.00 bits per heavy atom. The fourth-order valence-corrected chi connectivity index (χ4v) is 2.16. The van der Waals surface area contributed by atoms with Gasteiger partial charge < -0.3 is 14.7 Å². The van der Waals surface area contributed by atoms with Crippen molar-refractivity contribution >= 4 is 5.69 Å². The van der Waals surface area contributed by atoms with Gasteiger partial charge in [0.1, 0.15) is 0 Å². The Hall–Kier alpha value is -1.27. The first kappa shape index (κ1) is 17.8. The van der Waals surface area contributed by atoms with Gasteiger partial charge in [-0.05, 0) is 31.0 Å². The predicted octanol–water partition coefficient (Wildman–Crippen LogP) is 3.45.